The van der Waals surface area contributed by atoms with Gasteiger partial charge in [0.1, 0.15) is 0 Å². The van der Waals surface area contributed by atoms with E-state index in [4.69, 9.17) is 0 Å². The van der Waals surface area contributed by atoms with Crippen molar-refractivity contribution in [1.82, 2.24) is 20.4 Å². The van der Waals surface area contributed by atoms with Crippen LogP contribution >= 0.6 is 0 Å². The molecule has 0 saturated carbocycles. The van der Waals surface area contributed by atoms with Crippen LogP contribution in [-0.2, 0) is 6.54 Å². The molecule has 0 bridgehead atoms. The number of nitrogens with zero attached hydrogens (tertiary/aromatic N) is 2. The van der Waals surface area contributed by atoms with E-state index in [-0.39, 0.29) is 18.1 Å². The monoisotopic (exact) mass is 358 g/mol. The maximum absolute atomic E-state index is 12.4. The van der Waals surface area contributed by atoms with Crippen LogP contribution in [0.4, 0.5) is 4.79 Å². The van der Waals surface area contributed by atoms with Gasteiger partial charge >= 0.3 is 6.03 Å². The molecule has 144 valence electrons. The molecule has 0 aromatic heterocycles. The largest absolute Gasteiger partial charge is 0.334 e. The Labute approximate surface area is 158 Å². The van der Waals surface area contributed by atoms with Crippen LogP contribution in [0, 0.1) is 0 Å². The number of benzene rings is 1. The van der Waals surface area contributed by atoms with E-state index in [1.165, 1.54) is 37.9 Å². The van der Waals surface area contributed by atoms with E-state index in [2.05, 4.69) is 57.7 Å². The molecule has 5 heteroatoms. The number of amides is 2. The van der Waals surface area contributed by atoms with Gasteiger partial charge in [-0.15, -0.1) is 0 Å². The standard InChI is InChI=1S/C21H34N4O/c1-18(15-24-12-6-3-7-13-24)22-21(26)23-20-11-8-14-25(17-20)16-19-9-4-2-5-10-19/h2,4-5,9-10,18,20H,3,6-8,11-17H2,1H3,(H2,22,23,26). The van der Waals surface area contributed by atoms with Crippen molar-refractivity contribution in [1.29, 1.82) is 0 Å². The molecule has 2 amide bonds. The second kappa shape index (κ2) is 9.93. The summed E-state index contributed by atoms with van der Waals surface area (Å²) >= 11 is 0. The third kappa shape index (κ3) is 6.29. The lowest BCUT2D eigenvalue weighted by molar-refractivity contribution is 0.175. The fourth-order valence-electron chi connectivity index (χ4n) is 4.18. The predicted molar refractivity (Wildman–Crippen MR) is 106 cm³/mol. The number of carbonyl (C=O) groups excluding carboxylic acids is 1. The molecule has 1 aromatic carbocycles. The third-order valence-corrected chi connectivity index (χ3v) is 5.45. The lowest BCUT2D eigenvalue weighted by atomic mass is 10.0. The summed E-state index contributed by atoms with van der Waals surface area (Å²) in [6.45, 7) is 8.42. The Balaban J connectivity index is 1.39. The summed E-state index contributed by atoms with van der Waals surface area (Å²) in [4.78, 5) is 17.3. The maximum atomic E-state index is 12.4. The molecule has 2 aliphatic heterocycles. The van der Waals surface area contributed by atoms with E-state index in [1.807, 2.05) is 0 Å². The molecule has 2 fully saturated rings. The van der Waals surface area contributed by atoms with E-state index in [9.17, 15) is 4.79 Å². The number of hydrogen-bond acceptors (Lipinski definition) is 3. The SMILES string of the molecule is CC(CN1CCCCC1)NC(=O)NC1CCCN(Cc2ccccc2)C1. The predicted octanol–water partition coefficient (Wildman–Crippen LogP) is 2.82. The average Bonchev–Trinajstić information content (AvgIpc) is 2.63. The van der Waals surface area contributed by atoms with Gasteiger partial charge in [-0.25, -0.2) is 4.79 Å². The Morgan fingerprint density at radius 2 is 1.81 bits per heavy atom. The highest BCUT2D eigenvalue weighted by Gasteiger charge is 2.22. The fraction of sp³-hybridized carbons (Fsp3) is 0.667. The number of nitrogens with one attached hydrogen (secondary N) is 2. The van der Waals surface area contributed by atoms with Crippen molar-refractivity contribution < 1.29 is 4.79 Å². The van der Waals surface area contributed by atoms with Crippen LogP contribution < -0.4 is 10.6 Å². The summed E-state index contributed by atoms with van der Waals surface area (Å²) in [7, 11) is 0. The topological polar surface area (TPSA) is 47.6 Å². The Hall–Kier alpha value is -1.59. The van der Waals surface area contributed by atoms with E-state index < -0.39 is 0 Å². The number of urea groups is 1. The van der Waals surface area contributed by atoms with Crippen molar-refractivity contribution in [2.45, 2.75) is 57.7 Å². The summed E-state index contributed by atoms with van der Waals surface area (Å²) in [6, 6.07) is 11.0. The van der Waals surface area contributed by atoms with Gasteiger partial charge in [-0.1, -0.05) is 36.8 Å². The summed E-state index contributed by atoms with van der Waals surface area (Å²) in [5.41, 5.74) is 1.34. The van der Waals surface area contributed by atoms with Gasteiger partial charge in [0.05, 0.1) is 0 Å². The Bertz CT molecular complexity index is 544. The minimum Gasteiger partial charge on any atom is -0.334 e. The van der Waals surface area contributed by atoms with Gasteiger partial charge in [0.2, 0.25) is 0 Å². The van der Waals surface area contributed by atoms with Crippen LogP contribution in [-0.4, -0.2) is 60.6 Å². The Kier molecular flexibility index (Phi) is 7.32. The maximum Gasteiger partial charge on any atom is 0.315 e. The lowest BCUT2D eigenvalue weighted by Crippen LogP contribution is -2.53. The lowest BCUT2D eigenvalue weighted by Gasteiger charge is -2.34. The Morgan fingerprint density at radius 1 is 1.08 bits per heavy atom. The zero-order valence-electron chi connectivity index (χ0n) is 16.1. The van der Waals surface area contributed by atoms with Gasteiger partial charge in [-0.3, -0.25) is 4.90 Å². The van der Waals surface area contributed by atoms with E-state index >= 15 is 0 Å². The molecule has 26 heavy (non-hydrogen) atoms. The highest BCUT2D eigenvalue weighted by Crippen LogP contribution is 2.14. The van der Waals surface area contributed by atoms with Crippen molar-refractivity contribution in [3.05, 3.63) is 35.9 Å². The molecule has 2 saturated heterocycles. The van der Waals surface area contributed by atoms with Crippen LogP contribution in [0.3, 0.4) is 0 Å². The van der Waals surface area contributed by atoms with Gasteiger partial charge in [0.15, 0.2) is 0 Å². The first-order valence-electron chi connectivity index (χ1n) is 10.2. The first-order chi connectivity index (χ1) is 12.7. The highest BCUT2D eigenvalue weighted by atomic mass is 16.2. The molecule has 2 aliphatic rings. The summed E-state index contributed by atoms with van der Waals surface area (Å²) < 4.78 is 0. The molecule has 2 N–H and O–H groups in total. The van der Waals surface area contributed by atoms with Crippen molar-refractivity contribution in [3.63, 3.8) is 0 Å². The van der Waals surface area contributed by atoms with Crippen molar-refractivity contribution >= 4 is 6.03 Å². The van der Waals surface area contributed by atoms with E-state index in [0.29, 0.717) is 0 Å². The number of rotatable bonds is 6. The zero-order valence-corrected chi connectivity index (χ0v) is 16.1. The number of likely N-dealkylation sites (tertiary alicyclic amines) is 2. The minimum absolute atomic E-state index is 0.0129. The normalized spacial score (nSPS) is 23.3. The molecular weight excluding hydrogens is 324 g/mol. The fourth-order valence-corrected chi connectivity index (χ4v) is 4.18. The molecule has 0 radical (unpaired) electrons. The molecule has 2 atom stereocenters. The Morgan fingerprint density at radius 3 is 2.58 bits per heavy atom. The van der Waals surface area contributed by atoms with Crippen LogP contribution in [0.1, 0.15) is 44.6 Å². The second-order valence-electron chi connectivity index (χ2n) is 7.94. The zero-order chi connectivity index (χ0) is 18.2. The van der Waals surface area contributed by atoms with Gasteiger partial charge < -0.3 is 15.5 Å². The third-order valence-electron chi connectivity index (χ3n) is 5.45. The quantitative estimate of drug-likeness (QED) is 0.822. The van der Waals surface area contributed by atoms with Crippen molar-refractivity contribution in [2.75, 3.05) is 32.7 Å². The summed E-state index contributed by atoms with van der Waals surface area (Å²) in [6.07, 6.45) is 6.14. The van der Waals surface area contributed by atoms with Crippen LogP contribution in [0.15, 0.2) is 30.3 Å². The molecule has 2 heterocycles. The smallest absolute Gasteiger partial charge is 0.315 e. The summed E-state index contributed by atoms with van der Waals surface area (Å²) in [5, 5.41) is 6.32. The van der Waals surface area contributed by atoms with Gasteiger partial charge in [-0.2, -0.15) is 0 Å². The minimum atomic E-state index is -0.0129. The molecule has 0 aliphatic carbocycles. The van der Waals surface area contributed by atoms with Crippen molar-refractivity contribution in [2.24, 2.45) is 0 Å². The van der Waals surface area contributed by atoms with E-state index in [0.717, 1.165) is 39.0 Å². The number of hydrogen-bond donors (Lipinski definition) is 2. The second-order valence-corrected chi connectivity index (χ2v) is 7.94. The van der Waals surface area contributed by atoms with Gasteiger partial charge in [0.25, 0.3) is 0 Å². The molecule has 2 unspecified atom stereocenters. The molecule has 1 aromatic rings. The summed E-state index contributed by atoms with van der Waals surface area (Å²) in [5.74, 6) is 0. The first-order valence-corrected chi connectivity index (χ1v) is 10.2. The first kappa shape index (κ1) is 19.2. The van der Waals surface area contributed by atoms with Crippen LogP contribution in [0.25, 0.3) is 0 Å². The van der Waals surface area contributed by atoms with Crippen LogP contribution in [0.2, 0.25) is 0 Å². The van der Waals surface area contributed by atoms with Gasteiger partial charge in [-0.05, 0) is 57.8 Å². The molecule has 0 spiro atoms. The van der Waals surface area contributed by atoms with Crippen molar-refractivity contribution in [3.8, 4) is 0 Å². The molecule has 3 rings (SSSR count). The average molecular weight is 359 g/mol. The molecule has 5 nitrogen and oxygen atoms in total. The number of carbonyl (C=O) groups is 1. The van der Waals surface area contributed by atoms with Gasteiger partial charge in [0, 0.05) is 31.7 Å². The number of piperidine rings is 2. The molecular formula is C21H34N4O. The van der Waals surface area contributed by atoms with Crippen LogP contribution in [0.5, 0.6) is 0 Å². The van der Waals surface area contributed by atoms with E-state index in [1.54, 1.807) is 0 Å². The highest BCUT2D eigenvalue weighted by molar-refractivity contribution is 5.74.